The van der Waals surface area contributed by atoms with Gasteiger partial charge in [-0.15, -0.1) is 0 Å². The van der Waals surface area contributed by atoms with Gasteiger partial charge in [-0.05, 0) is 26.8 Å². The third kappa shape index (κ3) is 3.52. The first-order chi connectivity index (χ1) is 11.8. The van der Waals surface area contributed by atoms with E-state index >= 15 is 0 Å². The number of urea groups is 1. The van der Waals surface area contributed by atoms with Crippen molar-refractivity contribution in [3.8, 4) is 0 Å². The monoisotopic (exact) mass is 345 g/mol. The molecule has 1 aliphatic heterocycles. The number of amides is 3. The molecule has 1 atom stereocenters. The largest absolute Gasteiger partial charge is 0.466 e. The zero-order valence-corrected chi connectivity index (χ0v) is 14.9. The summed E-state index contributed by atoms with van der Waals surface area (Å²) in [7, 11) is 1.80. The Balaban J connectivity index is 1.61. The Morgan fingerprint density at radius 1 is 1.36 bits per heavy atom. The minimum Gasteiger partial charge on any atom is -0.466 e. The number of piperazine rings is 1. The van der Waals surface area contributed by atoms with Crippen molar-refractivity contribution < 1.29 is 14.0 Å². The fourth-order valence-electron chi connectivity index (χ4n) is 3.10. The van der Waals surface area contributed by atoms with E-state index in [2.05, 4.69) is 10.4 Å². The average Bonchev–Trinajstić information content (AvgIpc) is 3.12. The Morgan fingerprint density at radius 2 is 2.12 bits per heavy atom. The molecule has 1 aliphatic rings. The summed E-state index contributed by atoms with van der Waals surface area (Å²) in [5.74, 6) is 1.49. The highest BCUT2D eigenvalue weighted by molar-refractivity contribution is 5.97. The number of carbonyl (C=O) groups is 2. The normalized spacial score (nSPS) is 16.2. The number of nitrogens with zero attached hydrogens (tertiary/aromatic N) is 4. The van der Waals surface area contributed by atoms with Gasteiger partial charge in [0.25, 0.3) is 0 Å². The molecule has 2 aromatic heterocycles. The van der Waals surface area contributed by atoms with Crippen molar-refractivity contribution in [3.63, 3.8) is 0 Å². The molecule has 8 nitrogen and oxygen atoms in total. The second-order valence-corrected chi connectivity index (χ2v) is 6.38. The minimum atomic E-state index is -0.245. The van der Waals surface area contributed by atoms with Gasteiger partial charge >= 0.3 is 6.03 Å². The molecule has 0 bridgehead atoms. The van der Waals surface area contributed by atoms with E-state index in [1.165, 1.54) is 4.90 Å². The zero-order valence-electron chi connectivity index (χ0n) is 14.9. The van der Waals surface area contributed by atoms with Crippen LogP contribution in [0.1, 0.15) is 30.0 Å². The van der Waals surface area contributed by atoms with Crippen molar-refractivity contribution in [2.45, 2.75) is 26.8 Å². The first-order valence-corrected chi connectivity index (χ1v) is 8.26. The first-order valence-electron chi connectivity index (χ1n) is 8.26. The van der Waals surface area contributed by atoms with Crippen molar-refractivity contribution in [1.29, 1.82) is 0 Å². The van der Waals surface area contributed by atoms with Crippen molar-refractivity contribution in [2.24, 2.45) is 7.05 Å². The molecule has 0 aromatic carbocycles. The number of hydrogen-bond acceptors (Lipinski definition) is 4. The minimum absolute atomic E-state index is 0.0524. The third-order valence-corrected chi connectivity index (χ3v) is 4.40. The molecule has 0 saturated carbocycles. The maximum atomic E-state index is 12.5. The van der Waals surface area contributed by atoms with E-state index in [0.717, 1.165) is 22.8 Å². The summed E-state index contributed by atoms with van der Waals surface area (Å²) in [4.78, 5) is 28.1. The van der Waals surface area contributed by atoms with E-state index in [4.69, 9.17) is 4.42 Å². The molecule has 3 amide bonds. The number of anilines is 1. The molecule has 1 fully saturated rings. The molecule has 25 heavy (non-hydrogen) atoms. The van der Waals surface area contributed by atoms with Gasteiger partial charge in [0.05, 0.1) is 17.9 Å². The summed E-state index contributed by atoms with van der Waals surface area (Å²) in [5, 5.41) is 7.02. The number of aryl methyl sites for hydroxylation is 3. The van der Waals surface area contributed by atoms with Crippen LogP contribution in [0.15, 0.2) is 22.9 Å². The smallest absolute Gasteiger partial charge is 0.318 e. The highest BCUT2D eigenvalue weighted by Crippen LogP contribution is 2.22. The lowest BCUT2D eigenvalue weighted by atomic mass is 10.1. The second kappa shape index (κ2) is 6.62. The molecular formula is C17H23N5O3. The quantitative estimate of drug-likeness (QED) is 0.918. The second-order valence-electron chi connectivity index (χ2n) is 6.38. The fourth-order valence-corrected chi connectivity index (χ4v) is 3.10. The fraction of sp³-hybridized carbons (Fsp3) is 0.471. The van der Waals surface area contributed by atoms with Gasteiger partial charge in [0.15, 0.2) is 0 Å². The van der Waals surface area contributed by atoms with E-state index in [-0.39, 0.29) is 24.5 Å². The van der Waals surface area contributed by atoms with Crippen LogP contribution in [0, 0.1) is 13.8 Å². The first kappa shape index (κ1) is 17.1. The predicted molar refractivity (Wildman–Crippen MR) is 92.3 cm³/mol. The Morgan fingerprint density at radius 3 is 2.68 bits per heavy atom. The van der Waals surface area contributed by atoms with Crippen molar-refractivity contribution >= 4 is 17.6 Å². The van der Waals surface area contributed by atoms with Crippen LogP contribution in [0.25, 0.3) is 0 Å². The zero-order chi connectivity index (χ0) is 18.1. The van der Waals surface area contributed by atoms with Crippen LogP contribution in [-0.4, -0.2) is 46.3 Å². The standard InChI is InChI=1S/C17H23N5O3/c1-11-7-15(13(3)25-11)12(2)19-17(24)21-5-6-22(16(23)10-21)14-8-18-20(4)9-14/h7-9,12H,5-6,10H2,1-4H3,(H,19,24)/t12-/m1/s1. The van der Waals surface area contributed by atoms with Crippen molar-refractivity contribution in [3.05, 3.63) is 35.5 Å². The van der Waals surface area contributed by atoms with Crippen LogP contribution in [0.2, 0.25) is 0 Å². The molecular weight excluding hydrogens is 322 g/mol. The summed E-state index contributed by atoms with van der Waals surface area (Å²) >= 11 is 0. The molecule has 0 radical (unpaired) electrons. The Bertz CT molecular complexity index is 794. The highest BCUT2D eigenvalue weighted by Gasteiger charge is 2.29. The Hall–Kier alpha value is -2.77. The number of aromatic nitrogens is 2. The van der Waals surface area contributed by atoms with E-state index in [0.29, 0.717) is 13.1 Å². The van der Waals surface area contributed by atoms with E-state index in [1.807, 2.05) is 26.8 Å². The summed E-state index contributed by atoms with van der Waals surface area (Å²) < 4.78 is 7.16. The molecule has 1 N–H and O–H groups in total. The summed E-state index contributed by atoms with van der Waals surface area (Å²) in [6.45, 7) is 6.64. The molecule has 134 valence electrons. The lowest BCUT2D eigenvalue weighted by molar-refractivity contribution is -0.120. The number of nitrogens with one attached hydrogen (secondary N) is 1. The Labute approximate surface area is 146 Å². The van der Waals surface area contributed by atoms with Crippen LogP contribution >= 0.6 is 0 Å². The molecule has 3 heterocycles. The van der Waals surface area contributed by atoms with Gasteiger partial charge in [-0.3, -0.25) is 9.48 Å². The third-order valence-electron chi connectivity index (χ3n) is 4.40. The molecule has 8 heteroatoms. The van der Waals surface area contributed by atoms with Crippen molar-refractivity contribution in [1.82, 2.24) is 20.0 Å². The van der Waals surface area contributed by atoms with Gasteiger partial charge in [0.2, 0.25) is 5.91 Å². The molecule has 2 aromatic rings. The summed E-state index contributed by atoms with van der Waals surface area (Å²) in [6, 6.07) is 1.49. The van der Waals surface area contributed by atoms with Crippen molar-refractivity contribution in [2.75, 3.05) is 24.5 Å². The topological polar surface area (TPSA) is 83.6 Å². The van der Waals surface area contributed by atoms with Crippen LogP contribution < -0.4 is 10.2 Å². The molecule has 0 aliphatic carbocycles. The van der Waals surface area contributed by atoms with Crippen LogP contribution in [0.3, 0.4) is 0 Å². The van der Waals surface area contributed by atoms with E-state index in [9.17, 15) is 9.59 Å². The maximum Gasteiger partial charge on any atom is 0.318 e. The number of furan rings is 1. The van der Waals surface area contributed by atoms with Gasteiger partial charge in [-0.2, -0.15) is 5.10 Å². The highest BCUT2D eigenvalue weighted by atomic mass is 16.3. The summed E-state index contributed by atoms with van der Waals surface area (Å²) in [6.07, 6.45) is 3.44. The maximum absolute atomic E-state index is 12.5. The average molecular weight is 345 g/mol. The van der Waals surface area contributed by atoms with Gasteiger partial charge < -0.3 is 19.5 Å². The predicted octanol–water partition coefficient (Wildman–Crippen LogP) is 1.75. The number of rotatable bonds is 3. The molecule has 0 unspecified atom stereocenters. The summed E-state index contributed by atoms with van der Waals surface area (Å²) in [5.41, 5.74) is 1.71. The van der Waals surface area contributed by atoms with Gasteiger partial charge in [-0.25, -0.2) is 4.79 Å². The number of hydrogen-bond donors (Lipinski definition) is 1. The van der Waals surface area contributed by atoms with E-state index in [1.54, 1.807) is 29.0 Å². The Kier molecular flexibility index (Phi) is 4.52. The lowest BCUT2D eigenvalue weighted by Crippen LogP contribution is -2.55. The van der Waals surface area contributed by atoms with E-state index < -0.39 is 0 Å². The lowest BCUT2D eigenvalue weighted by Gasteiger charge is -2.34. The SMILES string of the molecule is Cc1cc([C@@H](C)NC(=O)N2CCN(c3cnn(C)c3)C(=O)C2)c(C)o1. The van der Waals surface area contributed by atoms with Gasteiger partial charge in [-0.1, -0.05) is 0 Å². The van der Waals surface area contributed by atoms with Gasteiger partial charge in [0.1, 0.15) is 18.1 Å². The van der Waals surface area contributed by atoms with Crippen LogP contribution in [0.5, 0.6) is 0 Å². The molecule has 1 saturated heterocycles. The van der Waals surface area contributed by atoms with Crippen LogP contribution in [0.4, 0.5) is 10.5 Å². The van der Waals surface area contributed by atoms with Crippen LogP contribution in [-0.2, 0) is 11.8 Å². The van der Waals surface area contributed by atoms with Gasteiger partial charge in [0, 0.05) is 31.9 Å². The molecule has 3 rings (SSSR count). The number of carbonyl (C=O) groups excluding carboxylic acids is 2. The molecule has 0 spiro atoms.